The lowest BCUT2D eigenvalue weighted by Crippen LogP contribution is -2.46. The van der Waals surface area contributed by atoms with Crippen LogP contribution in [0, 0.1) is 0 Å². The molecule has 0 unspecified atom stereocenters. The van der Waals surface area contributed by atoms with Crippen LogP contribution in [0.2, 0.25) is 0 Å². The lowest BCUT2D eigenvalue weighted by molar-refractivity contribution is -0.140. The quantitative estimate of drug-likeness (QED) is 0.184. The summed E-state index contributed by atoms with van der Waals surface area (Å²) in [6.45, 7) is 23.5. The van der Waals surface area contributed by atoms with Crippen LogP contribution in [0.1, 0.15) is 90.0 Å². The van der Waals surface area contributed by atoms with Gasteiger partial charge in [0.2, 0.25) is 11.8 Å². The predicted octanol–water partition coefficient (Wildman–Crippen LogP) is 6.33. The minimum Gasteiger partial charge on any atom is -0.473 e. The average Bonchev–Trinajstić information content (AvgIpc) is 2.76. The van der Waals surface area contributed by atoms with E-state index >= 15 is 0 Å². The van der Waals surface area contributed by atoms with E-state index in [4.69, 9.17) is 28.4 Å². The van der Waals surface area contributed by atoms with Crippen LogP contribution < -0.4 is 14.5 Å². The van der Waals surface area contributed by atoms with Gasteiger partial charge in [-0.3, -0.25) is 4.79 Å². The summed E-state index contributed by atoms with van der Waals surface area (Å²) in [4.78, 5) is 73.9. The summed E-state index contributed by atoms with van der Waals surface area (Å²) >= 11 is 0. The van der Waals surface area contributed by atoms with Crippen LogP contribution in [0.4, 0.5) is 30.9 Å². The molecule has 0 saturated carbocycles. The molecule has 1 aromatic heterocycles. The number of aromatic nitrogens is 2. The molecule has 15 nitrogen and oxygen atoms in total. The molecular weight excluding hydrogens is 592 g/mol. The van der Waals surface area contributed by atoms with Crippen LogP contribution >= 0.6 is 0 Å². The Morgan fingerprint density at radius 1 is 0.644 bits per heavy atom. The van der Waals surface area contributed by atoms with E-state index in [9.17, 15) is 24.0 Å². The number of nitrogens with zero attached hydrogens (tertiary/aromatic N) is 4. The van der Waals surface area contributed by atoms with Gasteiger partial charge in [-0.2, -0.15) is 14.9 Å². The second kappa shape index (κ2) is 14.6. The number of ether oxygens (including phenoxy) is 6. The summed E-state index contributed by atoms with van der Waals surface area (Å²) in [5.74, 6) is -2.03. The van der Waals surface area contributed by atoms with Crippen LogP contribution in [0.5, 0.6) is 5.88 Å². The van der Waals surface area contributed by atoms with Crippen LogP contribution in [0.25, 0.3) is 0 Å². The topological polar surface area (TPSA) is 173 Å². The van der Waals surface area contributed by atoms with Gasteiger partial charge in [0.1, 0.15) is 35.6 Å². The molecule has 0 aromatic carbocycles. The fourth-order valence-corrected chi connectivity index (χ4v) is 2.84. The van der Waals surface area contributed by atoms with Crippen molar-refractivity contribution in [1.82, 2.24) is 9.97 Å². The smallest absolute Gasteiger partial charge is 0.427 e. The van der Waals surface area contributed by atoms with E-state index < -0.39 is 64.5 Å². The maximum absolute atomic E-state index is 13.4. The molecule has 0 radical (unpaired) electrons. The molecule has 15 heteroatoms. The highest BCUT2D eigenvalue weighted by Gasteiger charge is 2.38. The van der Waals surface area contributed by atoms with Crippen LogP contribution in [-0.2, 0) is 28.5 Å². The lowest BCUT2D eigenvalue weighted by Gasteiger charge is -2.29. The van der Waals surface area contributed by atoms with Crippen molar-refractivity contribution in [2.45, 2.75) is 112 Å². The van der Waals surface area contributed by atoms with E-state index in [1.54, 1.807) is 83.1 Å². The number of esters is 1. The van der Waals surface area contributed by atoms with E-state index in [-0.39, 0.29) is 19.1 Å². The van der Waals surface area contributed by atoms with Crippen molar-refractivity contribution in [2.24, 2.45) is 0 Å². The van der Waals surface area contributed by atoms with Crippen molar-refractivity contribution < 1.29 is 52.4 Å². The first-order valence-corrected chi connectivity index (χ1v) is 14.0. The Balaban J connectivity index is 3.94. The van der Waals surface area contributed by atoms with Crippen molar-refractivity contribution in [1.29, 1.82) is 0 Å². The lowest BCUT2D eigenvalue weighted by atomic mass is 10.2. The summed E-state index contributed by atoms with van der Waals surface area (Å²) in [5.41, 5.74) is -3.94. The third-order valence-electron chi connectivity index (χ3n) is 4.31. The molecule has 0 N–H and O–H groups in total. The first-order chi connectivity index (χ1) is 20.2. The highest BCUT2D eigenvalue weighted by atomic mass is 16.6. The Bertz CT molecular complexity index is 1150. The zero-order valence-electron chi connectivity index (χ0n) is 28.5. The number of hydrogen-bond acceptors (Lipinski definition) is 13. The highest BCUT2D eigenvalue weighted by molar-refractivity contribution is 6.10. The highest BCUT2D eigenvalue weighted by Crippen LogP contribution is 2.28. The Morgan fingerprint density at radius 3 is 1.38 bits per heavy atom. The third-order valence-corrected chi connectivity index (χ3v) is 4.31. The Morgan fingerprint density at radius 2 is 1.02 bits per heavy atom. The molecule has 0 atom stereocenters. The predicted molar refractivity (Wildman–Crippen MR) is 163 cm³/mol. The number of rotatable bonds is 7. The second-order valence-corrected chi connectivity index (χ2v) is 13.8. The fraction of sp³-hybridized carbons (Fsp3) is 0.633. The third kappa shape index (κ3) is 14.7. The molecule has 0 aliphatic carbocycles. The molecule has 1 heterocycles. The van der Waals surface area contributed by atoms with Crippen LogP contribution in [-0.4, -0.2) is 75.9 Å². The van der Waals surface area contributed by atoms with Gasteiger partial charge in [-0.15, -0.1) is 4.90 Å². The van der Waals surface area contributed by atoms with Crippen molar-refractivity contribution in [2.75, 3.05) is 23.0 Å². The molecule has 4 amide bonds. The number of imide groups is 2. The van der Waals surface area contributed by atoms with Crippen molar-refractivity contribution in [3.05, 3.63) is 18.2 Å². The number of carbonyl (C=O) groups is 5. The van der Waals surface area contributed by atoms with E-state index in [1.165, 1.54) is 6.92 Å². The number of hydrogen-bond donors (Lipinski definition) is 0. The van der Waals surface area contributed by atoms with Crippen molar-refractivity contribution in [3.8, 4) is 5.88 Å². The molecule has 0 saturated heterocycles. The molecule has 1 rings (SSSR count). The van der Waals surface area contributed by atoms with Crippen molar-refractivity contribution >= 4 is 42.1 Å². The monoisotopic (exact) mass is 638 g/mol. The fourth-order valence-electron chi connectivity index (χ4n) is 2.84. The zero-order chi connectivity index (χ0) is 35.1. The molecular formula is C30H46N4O11. The maximum Gasteiger partial charge on any atom is 0.427 e. The standard InChI is InChI=1S/C30H46N4O11/c1-18(16-40-19(2)35)17-41-21-15-20(33(23(36)42-27(3,4)5)24(37)43-28(6,7)8)31-22(32-21)34(25(38)44-29(9,10)11)26(39)45-30(12,13)14/h15H,1,16-17H2,2-14H3. The SMILES string of the molecule is C=C(COC(C)=O)COc1cc(N(C(=O)OC(C)(C)C)C(=O)OC(C)(C)C)nc(N(C(=O)OC(C)(C)C)C(=O)OC(C)(C)C)n1. The minimum absolute atomic E-state index is 0.177. The molecule has 45 heavy (non-hydrogen) atoms. The molecule has 0 aliphatic rings. The van der Waals surface area contributed by atoms with E-state index in [0.29, 0.717) is 15.4 Å². The van der Waals surface area contributed by atoms with Crippen molar-refractivity contribution in [3.63, 3.8) is 0 Å². The average molecular weight is 639 g/mol. The largest absolute Gasteiger partial charge is 0.473 e. The zero-order valence-corrected chi connectivity index (χ0v) is 28.5. The summed E-state index contributed by atoms with van der Waals surface area (Å²) in [5, 5.41) is 0. The number of amides is 4. The van der Waals surface area contributed by atoms with Gasteiger partial charge < -0.3 is 28.4 Å². The van der Waals surface area contributed by atoms with Gasteiger partial charge in [0.15, 0.2) is 5.82 Å². The normalized spacial score (nSPS) is 11.9. The van der Waals surface area contributed by atoms with Gasteiger partial charge in [0, 0.05) is 13.0 Å². The number of carbonyl (C=O) groups excluding carboxylic acids is 5. The molecule has 1 aromatic rings. The van der Waals surface area contributed by atoms with Gasteiger partial charge in [0.05, 0.1) is 0 Å². The second-order valence-electron chi connectivity index (χ2n) is 13.8. The van der Waals surface area contributed by atoms with Gasteiger partial charge in [0.25, 0.3) is 0 Å². The van der Waals surface area contributed by atoms with Gasteiger partial charge in [-0.1, -0.05) is 6.58 Å². The van der Waals surface area contributed by atoms with E-state index in [1.807, 2.05) is 0 Å². The van der Waals surface area contributed by atoms with Gasteiger partial charge in [-0.25, -0.2) is 19.2 Å². The van der Waals surface area contributed by atoms with Crippen LogP contribution in [0.15, 0.2) is 18.2 Å². The van der Waals surface area contributed by atoms with Crippen LogP contribution in [0.3, 0.4) is 0 Å². The summed E-state index contributed by atoms with van der Waals surface area (Å²) in [6.07, 6.45) is -4.82. The molecule has 0 bridgehead atoms. The van der Waals surface area contributed by atoms with Gasteiger partial charge in [-0.05, 0) is 88.7 Å². The summed E-state index contributed by atoms with van der Waals surface area (Å²) in [7, 11) is 0. The van der Waals surface area contributed by atoms with Gasteiger partial charge >= 0.3 is 30.3 Å². The summed E-state index contributed by atoms with van der Waals surface area (Å²) in [6, 6.07) is 1.08. The maximum atomic E-state index is 13.4. The summed E-state index contributed by atoms with van der Waals surface area (Å²) < 4.78 is 32.3. The van der Waals surface area contributed by atoms with E-state index in [2.05, 4.69) is 16.5 Å². The number of anilines is 2. The first-order valence-electron chi connectivity index (χ1n) is 14.0. The Hall–Kier alpha value is -4.43. The Labute approximate surface area is 264 Å². The Kier molecular flexibility index (Phi) is 12.5. The molecule has 252 valence electrons. The van der Waals surface area contributed by atoms with E-state index in [0.717, 1.165) is 6.07 Å². The first kappa shape index (κ1) is 38.6. The molecule has 0 aliphatic heterocycles. The molecule has 0 spiro atoms. The molecule has 0 fully saturated rings. The minimum atomic E-state index is -1.22.